The number of Topliss-reactive ketones (excluding diaryl/α,β-unsaturated/α-hetero) is 2. The Kier molecular flexibility index (Phi) is 5.38. The quantitative estimate of drug-likeness (QED) is 0.504. The first-order valence-corrected chi connectivity index (χ1v) is 6.37. The zero-order chi connectivity index (χ0) is 15.5. The number of ether oxygens (including phenoxy) is 2. The van der Waals surface area contributed by atoms with Crippen molar-refractivity contribution in [3.8, 4) is 0 Å². The molecule has 0 radical (unpaired) electrons. The van der Waals surface area contributed by atoms with Gasteiger partial charge < -0.3 is 19.7 Å². The second-order valence-electron chi connectivity index (χ2n) is 4.90. The van der Waals surface area contributed by atoms with E-state index in [1.54, 1.807) is 0 Å². The number of ketones is 2. The Balaban J connectivity index is 3.21. The van der Waals surface area contributed by atoms with E-state index in [9.17, 15) is 19.5 Å². The van der Waals surface area contributed by atoms with Crippen molar-refractivity contribution < 1.29 is 34.1 Å². The third kappa shape index (κ3) is 2.61. The number of methoxy groups -OCH3 is 1. The molecule has 1 fully saturated rings. The van der Waals surface area contributed by atoms with Crippen LogP contribution in [0.2, 0.25) is 0 Å². The van der Waals surface area contributed by atoms with E-state index in [-0.39, 0.29) is 12.8 Å². The van der Waals surface area contributed by atoms with Crippen LogP contribution in [0.3, 0.4) is 0 Å². The fourth-order valence-corrected chi connectivity index (χ4v) is 2.64. The van der Waals surface area contributed by atoms with Crippen LogP contribution in [-0.2, 0) is 23.9 Å². The molecule has 20 heavy (non-hydrogen) atoms. The molecule has 0 spiro atoms. The second-order valence-corrected chi connectivity index (χ2v) is 4.90. The van der Waals surface area contributed by atoms with Gasteiger partial charge in [-0.3, -0.25) is 14.4 Å². The van der Waals surface area contributed by atoms with Crippen molar-refractivity contribution in [1.29, 1.82) is 0 Å². The smallest absolute Gasteiger partial charge is 0.329 e. The number of aliphatic hydroxyl groups excluding tert-OH is 2. The van der Waals surface area contributed by atoms with E-state index in [4.69, 9.17) is 9.84 Å². The van der Waals surface area contributed by atoms with Crippen LogP contribution < -0.4 is 0 Å². The molecule has 1 heterocycles. The van der Waals surface area contributed by atoms with Gasteiger partial charge in [0.15, 0.2) is 11.6 Å². The molecule has 1 saturated heterocycles. The van der Waals surface area contributed by atoms with Gasteiger partial charge in [-0.1, -0.05) is 0 Å². The summed E-state index contributed by atoms with van der Waals surface area (Å²) < 4.78 is 10.0. The summed E-state index contributed by atoms with van der Waals surface area (Å²) >= 11 is 0. The van der Waals surface area contributed by atoms with Crippen molar-refractivity contribution in [2.24, 2.45) is 5.41 Å². The molecule has 0 aromatic heterocycles. The molecular formula is C13H20O7. The second kappa shape index (κ2) is 6.43. The van der Waals surface area contributed by atoms with Gasteiger partial charge >= 0.3 is 5.97 Å². The Morgan fingerprint density at radius 2 is 1.80 bits per heavy atom. The molecule has 0 aromatic carbocycles. The molecule has 1 rings (SSSR count). The maximum Gasteiger partial charge on any atom is 0.329 e. The summed E-state index contributed by atoms with van der Waals surface area (Å²) in [6.45, 7) is 1.78. The zero-order valence-corrected chi connectivity index (χ0v) is 11.8. The summed E-state index contributed by atoms with van der Waals surface area (Å²) in [6, 6.07) is 0. The predicted octanol–water partition coefficient (Wildman–Crippen LogP) is -0.775. The number of carbonyl (C=O) groups excluding carboxylic acids is 3. The highest BCUT2D eigenvalue weighted by atomic mass is 16.5. The Hall–Kier alpha value is -1.31. The van der Waals surface area contributed by atoms with Crippen molar-refractivity contribution in [2.75, 3.05) is 13.7 Å². The minimum Gasteiger partial charge on any atom is -0.468 e. The maximum atomic E-state index is 12.0. The van der Waals surface area contributed by atoms with Crippen molar-refractivity contribution in [2.45, 2.75) is 45.0 Å². The molecule has 0 aromatic rings. The average Bonchev–Trinajstić information content (AvgIpc) is 2.40. The van der Waals surface area contributed by atoms with E-state index < -0.39 is 47.9 Å². The number of aliphatic hydroxyl groups is 2. The van der Waals surface area contributed by atoms with Gasteiger partial charge in [-0.15, -0.1) is 0 Å². The van der Waals surface area contributed by atoms with Gasteiger partial charge in [-0.2, -0.15) is 0 Å². The Labute approximate surface area is 116 Å². The fraction of sp³-hybridized carbons (Fsp3) is 0.769. The van der Waals surface area contributed by atoms with Gasteiger partial charge in [0.1, 0.15) is 6.10 Å². The molecular weight excluding hydrogens is 268 g/mol. The lowest BCUT2D eigenvalue weighted by Crippen LogP contribution is -2.58. The maximum absolute atomic E-state index is 12.0. The van der Waals surface area contributed by atoms with Gasteiger partial charge in [0.05, 0.1) is 25.9 Å². The molecule has 7 nitrogen and oxygen atoms in total. The normalized spacial score (nSPS) is 26.9. The molecule has 1 aliphatic heterocycles. The summed E-state index contributed by atoms with van der Waals surface area (Å²) in [4.78, 5) is 35.9. The first-order valence-electron chi connectivity index (χ1n) is 6.37. The molecule has 0 saturated carbocycles. The van der Waals surface area contributed by atoms with E-state index in [0.717, 1.165) is 21.0 Å². The minimum absolute atomic E-state index is 0.145. The first-order chi connectivity index (χ1) is 9.32. The van der Waals surface area contributed by atoms with Crippen molar-refractivity contribution in [1.82, 2.24) is 0 Å². The summed E-state index contributed by atoms with van der Waals surface area (Å²) in [5.41, 5.74) is -2.04. The van der Waals surface area contributed by atoms with Crippen molar-refractivity contribution >= 4 is 17.5 Å². The molecule has 0 amide bonds. The average molecular weight is 288 g/mol. The van der Waals surface area contributed by atoms with Crippen LogP contribution >= 0.6 is 0 Å². The number of hydrogen-bond acceptors (Lipinski definition) is 7. The van der Waals surface area contributed by atoms with Gasteiger partial charge in [0.25, 0.3) is 0 Å². The lowest BCUT2D eigenvalue weighted by Gasteiger charge is -2.40. The molecule has 114 valence electrons. The van der Waals surface area contributed by atoms with Crippen LogP contribution in [-0.4, -0.2) is 59.8 Å². The molecule has 0 unspecified atom stereocenters. The summed E-state index contributed by atoms with van der Waals surface area (Å²) in [5.74, 6) is -2.32. The van der Waals surface area contributed by atoms with E-state index in [2.05, 4.69) is 4.74 Å². The lowest BCUT2D eigenvalue weighted by atomic mass is 9.72. The zero-order valence-electron chi connectivity index (χ0n) is 11.8. The molecule has 2 N–H and O–H groups in total. The lowest BCUT2D eigenvalue weighted by molar-refractivity contribution is -0.194. The summed E-state index contributed by atoms with van der Waals surface area (Å²) in [5, 5.41) is 18.8. The Bertz CT molecular complexity index is 390. The van der Waals surface area contributed by atoms with E-state index >= 15 is 0 Å². The topological polar surface area (TPSA) is 110 Å². The van der Waals surface area contributed by atoms with Crippen LogP contribution in [0.1, 0.15) is 26.7 Å². The number of rotatable bonds is 5. The standard InChI is InChI=1S/C13H20O7/c1-7(15)13(8(2)16,12(18)19-3)11-5-4-9(17)10(6-14)20-11/h9-11,14,17H,4-6H2,1-3H3/t9-,10+,11-/m0/s1. The molecule has 7 heteroatoms. The SMILES string of the molecule is COC(=O)C(C(C)=O)(C(C)=O)[C@@H]1CC[C@H](O)[C@@H](CO)O1. The van der Waals surface area contributed by atoms with E-state index in [1.165, 1.54) is 0 Å². The Morgan fingerprint density at radius 3 is 2.20 bits per heavy atom. The predicted molar refractivity (Wildman–Crippen MR) is 66.8 cm³/mol. The fourth-order valence-electron chi connectivity index (χ4n) is 2.64. The van der Waals surface area contributed by atoms with Crippen LogP contribution in [0.4, 0.5) is 0 Å². The molecule has 0 aliphatic carbocycles. The summed E-state index contributed by atoms with van der Waals surface area (Å²) in [6.07, 6.45) is -2.52. The molecule has 3 atom stereocenters. The molecule has 1 aliphatic rings. The number of hydrogen-bond donors (Lipinski definition) is 2. The molecule has 0 bridgehead atoms. The number of carbonyl (C=O) groups is 3. The largest absolute Gasteiger partial charge is 0.468 e. The highest BCUT2D eigenvalue weighted by Gasteiger charge is 2.57. The van der Waals surface area contributed by atoms with Crippen molar-refractivity contribution in [3.63, 3.8) is 0 Å². The van der Waals surface area contributed by atoms with Crippen molar-refractivity contribution in [3.05, 3.63) is 0 Å². The third-order valence-corrected chi connectivity index (χ3v) is 3.77. The van der Waals surface area contributed by atoms with Crippen LogP contribution in [0.15, 0.2) is 0 Å². The number of esters is 1. The highest BCUT2D eigenvalue weighted by molar-refractivity contribution is 6.21. The third-order valence-electron chi connectivity index (χ3n) is 3.77. The van der Waals surface area contributed by atoms with Crippen LogP contribution in [0, 0.1) is 5.41 Å². The first kappa shape index (κ1) is 16.7. The highest BCUT2D eigenvalue weighted by Crippen LogP contribution is 2.36. The van der Waals surface area contributed by atoms with Gasteiger partial charge in [-0.05, 0) is 26.7 Å². The summed E-state index contributed by atoms with van der Waals surface area (Å²) in [7, 11) is 1.09. The van der Waals surface area contributed by atoms with E-state index in [1.807, 2.05) is 0 Å². The van der Waals surface area contributed by atoms with Gasteiger partial charge in [0.2, 0.25) is 5.41 Å². The van der Waals surface area contributed by atoms with Gasteiger partial charge in [0, 0.05) is 0 Å². The van der Waals surface area contributed by atoms with E-state index in [0.29, 0.717) is 0 Å². The van der Waals surface area contributed by atoms with Crippen LogP contribution in [0.5, 0.6) is 0 Å². The van der Waals surface area contributed by atoms with Crippen LogP contribution in [0.25, 0.3) is 0 Å². The Morgan fingerprint density at radius 1 is 1.25 bits per heavy atom. The monoisotopic (exact) mass is 288 g/mol. The van der Waals surface area contributed by atoms with Gasteiger partial charge in [-0.25, -0.2) is 0 Å². The minimum atomic E-state index is -2.04.